The van der Waals surface area contributed by atoms with Crippen LogP contribution in [0.15, 0.2) is 24.3 Å². The second kappa shape index (κ2) is 6.27. The van der Waals surface area contributed by atoms with Crippen LogP contribution in [0, 0.1) is 5.41 Å². The molecule has 1 atom stereocenters. The zero-order valence-corrected chi connectivity index (χ0v) is 13.7. The summed E-state index contributed by atoms with van der Waals surface area (Å²) in [5.74, 6) is 0.149. The topological polar surface area (TPSA) is 35.6 Å². The van der Waals surface area contributed by atoms with Crippen molar-refractivity contribution in [2.45, 2.75) is 19.5 Å². The van der Waals surface area contributed by atoms with Gasteiger partial charge < -0.3 is 15.1 Å². The van der Waals surface area contributed by atoms with Crippen molar-refractivity contribution in [3.05, 3.63) is 29.8 Å². The molecule has 1 N–H and O–H groups in total. The molecular weight excluding hydrogens is 319 g/mol. The van der Waals surface area contributed by atoms with Crippen molar-refractivity contribution < 1.29 is 18.0 Å². The molecule has 0 radical (unpaired) electrons. The van der Waals surface area contributed by atoms with Gasteiger partial charge in [0.25, 0.3) is 0 Å². The van der Waals surface area contributed by atoms with Crippen LogP contribution >= 0.6 is 0 Å². The lowest BCUT2D eigenvalue weighted by atomic mass is 9.88. The summed E-state index contributed by atoms with van der Waals surface area (Å²) in [6, 6.07) is 5.38. The average Bonchev–Trinajstić information content (AvgIpc) is 3.02. The first-order chi connectivity index (χ1) is 11.3. The van der Waals surface area contributed by atoms with Crippen LogP contribution in [-0.2, 0) is 11.0 Å². The Bertz CT molecular complexity index is 603. The molecule has 0 aliphatic carbocycles. The van der Waals surface area contributed by atoms with Gasteiger partial charge in [-0.3, -0.25) is 4.79 Å². The standard InChI is InChI=1S/C17H22F3N3O/c1-16(5-6-21-12-16)15(24)23-9-7-22(8-10-23)14-4-2-3-13(11-14)17(18,19)20/h2-4,11,21H,5-10,12H2,1H3. The minimum Gasteiger partial charge on any atom is -0.368 e. The molecule has 132 valence electrons. The van der Waals surface area contributed by atoms with Crippen LogP contribution in [0.2, 0.25) is 0 Å². The van der Waals surface area contributed by atoms with Gasteiger partial charge in [-0.1, -0.05) is 6.07 Å². The van der Waals surface area contributed by atoms with Gasteiger partial charge in [-0.15, -0.1) is 0 Å². The first kappa shape index (κ1) is 17.1. The molecule has 4 nitrogen and oxygen atoms in total. The average molecular weight is 341 g/mol. The number of rotatable bonds is 2. The third kappa shape index (κ3) is 3.36. The fraction of sp³-hybridized carbons (Fsp3) is 0.588. The van der Waals surface area contributed by atoms with Gasteiger partial charge in [0, 0.05) is 38.4 Å². The Kier molecular flexibility index (Phi) is 4.46. The fourth-order valence-corrected chi connectivity index (χ4v) is 3.43. The van der Waals surface area contributed by atoms with Crippen molar-refractivity contribution >= 4 is 11.6 Å². The third-order valence-corrected chi connectivity index (χ3v) is 4.99. The highest BCUT2D eigenvalue weighted by Crippen LogP contribution is 2.32. The molecule has 0 spiro atoms. The number of alkyl halides is 3. The number of anilines is 1. The van der Waals surface area contributed by atoms with Gasteiger partial charge in [0.1, 0.15) is 0 Å². The number of benzene rings is 1. The number of amides is 1. The predicted molar refractivity (Wildman–Crippen MR) is 85.8 cm³/mol. The zero-order valence-electron chi connectivity index (χ0n) is 13.7. The minimum atomic E-state index is -4.34. The summed E-state index contributed by atoms with van der Waals surface area (Å²) < 4.78 is 38.5. The highest BCUT2D eigenvalue weighted by molar-refractivity contribution is 5.83. The Labute approximate surface area is 139 Å². The van der Waals surface area contributed by atoms with Crippen LogP contribution in [-0.4, -0.2) is 50.1 Å². The Morgan fingerprint density at radius 1 is 1.21 bits per heavy atom. The fourth-order valence-electron chi connectivity index (χ4n) is 3.43. The molecule has 0 bridgehead atoms. The van der Waals surface area contributed by atoms with Gasteiger partial charge in [0.15, 0.2) is 0 Å². The number of piperazine rings is 1. The number of halogens is 3. The Morgan fingerprint density at radius 2 is 1.92 bits per heavy atom. The van der Waals surface area contributed by atoms with Crippen LogP contribution in [0.4, 0.5) is 18.9 Å². The van der Waals surface area contributed by atoms with E-state index in [4.69, 9.17) is 0 Å². The first-order valence-electron chi connectivity index (χ1n) is 8.22. The van der Waals surface area contributed by atoms with Gasteiger partial charge in [0.05, 0.1) is 11.0 Å². The summed E-state index contributed by atoms with van der Waals surface area (Å²) >= 11 is 0. The molecular formula is C17H22F3N3O. The maximum absolute atomic E-state index is 12.8. The summed E-state index contributed by atoms with van der Waals surface area (Å²) in [4.78, 5) is 16.4. The van der Waals surface area contributed by atoms with E-state index < -0.39 is 11.7 Å². The maximum atomic E-state index is 12.8. The van der Waals surface area contributed by atoms with Gasteiger partial charge in [0.2, 0.25) is 5.91 Å². The summed E-state index contributed by atoms with van der Waals surface area (Å²) in [5, 5.41) is 3.22. The van der Waals surface area contributed by atoms with Crippen molar-refractivity contribution in [2.24, 2.45) is 5.41 Å². The molecule has 2 saturated heterocycles. The molecule has 2 aliphatic heterocycles. The number of hydrogen-bond acceptors (Lipinski definition) is 3. The zero-order chi connectivity index (χ0) is 17.4. The molecule has 2 heterocycles. The lowest BCUT2D eigenvalue weighted by molar-refractivity contribution is -0.140. The molecule has 3 rings (SSSR count). The van der Waals surface area contributed by atoms with Crippen molar-refractivity contribution in [2.75, 3.05) is 44.2 Å². The van der Waals surface area contributed by atoms with Crippen molar-refractivity contribution in [3.63, 3.8) is 0 Å². The quantitative estimate of drug-likeness (QED) is 0.897. The SMILES string of the molecule is CC1(C(=O)N2CCN(c3cccc(C(F)(F)F)c3)CC2)CCNC1. The van der Waals surface area contributed by atoms with E-state index in [1.165, 1.54) is 12.1 Å². The lowest BCUT2D eigenvalue weighted by Crippen LogP contribution is -2.53. The van der Waals surface area contributed by atoms with Gasteiger partial charge in [-0.2, -0.15) is 13.2 Å². The summed E-state index contributed by atoms with van der Waals surface area (Å²) in [6.07, 6.45) is -3.50. The van der Waals surface area contributed by atoms with Crippen molar-refractivity contribution in [1.82, 2.24) is 10.2 Å². The van der Waals surface area contributed by atoms with E-state index in [0.29, 0.717) is 38.4 Å². The van der Waals surface area contributed by atoms with Gasteiger partial charge in [-0.25, -0.2) is 0 Å². The molecule has 1 aromatic rings. The van der Waals surface area contributed by atoms with Crippen LogP contribution in [0.25, 0.3) is 0 Å². The molecule has 0 aromatic heterocycles. The van der Waals surface area contributed by atoms with E-state index >= 15 is 0 Å². The van der Waals surface area contributed by atoms with Crippen molar-refractivity contribution in [3.8, 4) is 0 Å². The van der Waals surface area contributed by atoms with Crippen LogP contribution < -0.4 is 10.2 Å². The highest BCUT2D eigenvalue weighted by atomic mass is 19.4. The van der Waals surface area contributed by atoms with E-state index in [0.717, 1.165) is 19.0 Å². The summed E-state index contributed by atoms with van der Waals surface area (Å²) in [5.41, 5.74) is -0.424. The Balaban J connectivity index is 1.64. The monoisotopic (exact) mass is 341 g/mol. The van der Waals surface area contributed by atoms with E-state index in [1.54, 1.807) is 6.07 Å². The molecule has 2 fully saturated rings. The number of hydrogen-bond donors (Lipinski definition) is 1. The molecule has 24 heavy (non-hydrogen) atoms. The molecule has 0 saturated carbocycles. The van der Waals surface area contributed by atoms with Crippen molar-refractivity contribution in [1.29, 1.82) is 0 Å². The number of nitrogens with one attached hydrogen (secondary N) is 1. The summed E-state index contributed by atoms with van der Waals surface area (Å²) in [7, 11) is 0. The molecule has 1 amide bonds. The first-order valence-corrected chi connectivity index (χ1v) is 8.22. The maximum Gasteiger partial charge on any atom is 0.416 e. The second-order valence-electron chi connectivity index (χ2n) is 6.81. The van der Waals surface area contributed by atoms with Gasteiger partial charge >= 0.3 is 6.18 Å². The molecule has 1 aromatic carbocycles. The van der Waals surface area contributed by atoms with E-state index in [2.05, 4.69) is 5.32 Å². The normalized spacial score (nSPS) is 25.2. The van der Waals surface area contributed by atoms with Crippen LogP contribution in [0.5, 0.6) is 0 Å². The van der Waals surface area contributed by atoms with E-state index in [1.807, 2.05) is 16.7 Å². The largest absolute Gasteiger partial charge is 0.416 e. The van der Waals surface area contributed by atoms with Crippen LogP contribution in [0.1, 0.15) is 18.9 Å². The van der Waals surface area contributed by atoms with Crippen LogP contribution in [0.3, 0.4) is 0 Å². The summed E-state index contributed by atoms with van der Waals surface area (Å²) in [6.45, 7) is 5.73. The van der Waals surface area contributed by atoms with E-state index in [9.17, 15) is 18.0 Å². The number of nitrogens with zero attached hydrogens (tertiary/aromatic N) is 2. The third-order valence-electron chi connectivity index (χ3n) is 4.99. The molecule has 1 unspecified atom stereocenters. The van der Waals surface area contributed by atoms with E-state index in [-0.39, 0.29) is 11.3 Å². The molecule has 7 heteroatoms. The lowest BCUT2D eigenvalue weighted by Gasteiger charge is -2.39. The number of carbonyl (C=O) groups excluding carboxylic acids is 1. The number of carbonyl (C=O) groups is 1. The highest BCUT2D eigenvalue weighted by Gasteiger charge is 2.40. The molecule has 2 aliphatic rings. The minimum absolute atomic E-state index is 0.149. The second-order valence-corrected chi connectivity index (χ2v) is 6.81. The smallest absolute Gasteiger partial charge is 0.368 e. The Hall–Kier alpha value is -1.76. The Morgan fingerprint density at radius 3 is 2.50 bits per heavy atom. The predicted octanol–water partition coefficient (Wildman–Crippen LogP) is 2.35. The van der Waals surface area contributed by atoms with Gasteiger partial charge in [-0.05, 0) is 38.1 Å².